The van der Waals surface area contributed by atoms with Crippen LogP contribution in [0.25, 0.3) is 0 Å². The lowest BCUT2D eigenvalue weighted by Crippen LogP contribution is -2.57. The third kappa shape index (κ3) is 2.64. The Bertz CT molecular complexity index is 647. The number of aliphatic hydroxyl groups excluding tert-OH is 1. The van der Waals surface area contributed by atoms with Crippen LogP contribution < -0.4 is 10.5 Å². The maximum atomic E-state index is 14.2. The lowest BCUT2D eigenvalue weighted by Gasteiger charge is -2.28. The van der Waals surface area contributed by atoms with Gasteiger partial charge in [0.25, 0.3) is 0 Å². The van der Waals surface area contributed by atoms with Crippen LogP contribution >= 0.6 is 0 Å². The van der Waals surface area contributed by atoms with Gasteiger partial charge in [-0.15, -0.1) is 0 Å². The number of esters is 1. The zero-order chi connectivity index (χ0) is 17.2. The fourth-order valence-corrected chi connectivity index (χ4v) is 3.56. The van der Waals surface area contributed by atoms with Gasteiger partial charge in [0.1, 0.15) is 22.9 Å². The van der Waals surface area contributed by atoms with Gasteiger partial charge in [0.05, 0.1) is 6.10 Å². The van der Waals surface area contributed by atoms with Gasteiger partial charge in [-0.1, -0.05) is 20.8 Å². The van der Waals surface area contributed by atoms with Crippen molar-refractivity contribution in [1.82, 2.24) is 0 Å². The Hall–Kier alpha value is -1.53. The Morgan fingerprint density at radius 2 is 1.91 bits per heavy atom. The van der Waals surface area contributed by atoms with E-state index in [0.717, 1.165) is 18.6 Å². The number of hydrogen-bond acceptors (Lipinski definition) is 4. The molecule has 0 bridgehead atoms. The zero-order valence-corrected chi connectivity index (χ0v) is 13.4. The normalized spacial score (nSPS) is 32.6. The van der Waals surface area contributed by atoms with Crippen molar-refractivity contribution in [3.8, 4) is 5.75 Å². The van der Waals surface area contributed by atoms with Gasteiger partial charge in [-0.2, -0.15) is 0 Å². The molecule has 0 heterocycles. The maximum absolute atomic E-state index is 14.2. The molecule has 4 atom stereocenters. The highest BCUT2D eigenvalue weighted by molar-refractivity contribution is 5.84. The molecule has 0 amide bonds. The molecule has 2 aliphatic rings. The standard InChI is InChI=1S/C17H21F2NO3/c1-16(2,3)13-11(18)5-9(6-12(13)19)23-15(22)17(20)7-8-4-10(8)14(17)21/h5-6,8,10,14,21H,4,7,20H2,1-3H3. The summed E-state index contributed by atoms with van der Waals surface area (Å²) in [6.45, 7) is 5.07. The number of halogens is 2. The van der Waals surface area contributed by atoms with Crippen LogP contribution in [0.3, 0.4) is 0 Å². The SMILES string of the molecule is CC(C)(C)c1c(F)cc(OC(=O)C2(N)CC3CC3C2O)cc1F. The van der Waals surface area contributed by atoms with Gasteiger partial charge < -0.3 is 15.6 Å². The van der Waals surface area contributed by atoms with E-state index in [1.165, 1.54) is 0 Å². The van der Waals surface area contributed by atoms with E-state index in [1.54, 1.807) is 20.8 Å². The molecule has 126 valence electrons. The quantitative estimate of drug-likeness (QED) is 0.646. The molecule has 4 unspecified atom stereocenters. The molecule has 1 aromatic rings. The molecule has 3 N–H and O–H groups in total. The number of carbonyl (C=O) groups excluding carboxylic acids is 1. The minimum Gasteiger partial charge on any atom is -0.425 e. The summed E-state index contributed by atoms with van der Waals surface area (Å²) in [5.41, 5.74) is 3.70. The molecule has 0 saturated heterocycles. The molecule has 1 aromatic carbocycles. The summed E-state index contributed by atoms with van der Waals surface area (Å²) in [7, 11) is 0. The van der Waals surface area contributed by atoms with Crippen molar-refractivity contribution in [3.63, 3.8) is 0 Å². The topological polar surface area (TPSA) is 72.5 Å². The van der Waals surface area contributed by atoms with Crippen LogP contribution in [-0.4, -0.2) is 22.7 Å². The second kappa shape index (κ2) is 4.98. The number of rotatable bonds is 2. The van der Waals surface area contributed by atoms with Crippen LogP contribution in [0.15, 0.2) is 12.1 Å². The molecule has 0 radical (unpaired) electrons. The highest BCUT2D eigenvalue weighted by atomic mass is 19.1. The maximum Gasteiger partial charge on any atom is 0.334 e. The van der Waals surface area contributed by atoms with Gasteiger partial charge >= 0.3 is 5.97 Å². The van der Waals surface area contributed by atoms with Crippen LogP contribution in [0.1, 0.15) is 39.2 Å². The Balaban J connectivity index is 1.82. The van der Waals surface area contributed by atoms with E-state index in [9.17, 15) is 18.7 Å². The van der Waals surface area contributed by atoms with Crippen molar-refractivity contribution >= 4 is 5.97 Å². The molecular formula is C17H21F2NO3. The van der Waals surface area contributed by atoms with Gasteiger partial charge in [0.15, 0.2) is 0 Å². The first-order chi connectivity index (χ1) is 10.5. The number of aliphatic hydroxyl groups is 1. The number of carbonyl (C=O) groups is 1. The number of fused-ring (bicyclic) bond motifs is 1. The molecule has 2 fully saturated rings. The first-order valence-corrected chi connectivity index (χ1v) is 7.73. The second-order valence-electron chi connectivity index (χ2n) is 7.75. The largest absolute Gasteiger partial charge is 0.425 e. The predicted octanol–water partition coefficient (Wildman–Crippen LogP) is 2.27. The van der Waals surface area contributed by atoms with Crippen LogP contribution in [0.5, 0.6) is 5.75 Å². The summed E-state index contributed by atoms with van der Waals surface area (Å²) < 4.78 is 33.4. The van der Waals surface area contributed by atoms with Crippen LogP contribution in [0.2, 0.25) is 0 Å². The average Bonchev–Trinajstić information content (AvgIpc) is 3.08. The third-order valence-corrected chi connectivity index (χ3v) is 4.87. The van der Waals surface area contributed by atoms with Crippen molar-refractivity contribution in [2.45, 2.75) is 50.7 Å². The molecule has 4 nitrogen and oxygen atoms in total. The molecule has 3 rings (SSSR count). The molecule has 23 heavy (non-hydrogen) atoms. The molecule has 2 aliphatic carbocycles. The number of hydrogen-bond donors (Lipinski definition) is 2. The third-order valence-electron chi connectivity index (χ3n) is 4.87. The van der Waals surface area contributed by atoms with Gasteiger partial charge in [-0.3, -0.25) is 0 Å². The van der Waals surface area contributed by atoms with E-state index in [-0.39, 0.29) is 23.1 Å². The van der Waals surface area contributed by atoms with Crippen molar-refractivity contribution in [1.29, 1.82) is 0 Å². The number of nitrogens with two attached hydrogens (primary N) is 1. The summed E-state index contributed by atoms with van der Waals surface area (Å²) in [6, 6.07) is 1.96. The monoisotopic (exact) mass is 325 g/mol. The van der Waals surface area contributed by atoms with E-state index in [4.69, 9.17) is 10.5 Å². The average molecular weight is 325 g/mol. The fourth-order valence-electron chi connectivity index (χ4n) is 3.56. The van der Waals surface area contributed by atoms with Crippen LogP contribution in [0, 0.1) is 23.5 Å². The van der Waals surface area contributed by atoms with Gasteiger partial charge in [-0.25, -0.2) is 13.6 Å². The Labute approximate surface area is 133 Å². The van der Waals surface area contributed by atoms with Crippen LogP contribution in [0.4, 0.5) is 8.78 Å². The van der Waals surface area contributed by atoms with E-state index >= 15 is 0 Å². The van der Waals surface area contributed by atoms with E-state index < -0.39 is 34.7 Å². The molecular weight excluding hydrogens is 304 g/mol. The fraction of sp³-hybridized carbons (Fsp3) is 0.588. The predicted molar refractivity (Wildman–Crippen MR) is 79.8 cm³/mol. The lowest BCUT2D eigenvalue weighted by atomic mass is 9.86. The summed E-state index contributed by atoms with van der Waals surface area (Å²) in [6.07, 6.45) is 0.225. The smallest absolute Gasteiger partial charge is 0.334 e. The Kier molecular flexibility index (Phi) is 3.54. The minimum atomic E-state index is -1.50. The summed E-state index contributed by atoms with van der Waals surface area (Å²) >= 11 is 0. The number of ether oxygens (including phenoxy) is 1. The van der Waals surface area contributed by atoms with Crippen molar-refractivity contribution < 1.29 is 23.4 Å². The first kappa shape index (κ1) is 16.3. The lowest BCUT2D eigenvalue weighted by molar-refractivity contribution is -0.144. The number of benzene rings is 1. The van der Waals surface area contributed by atoms with Crippen molar-refractivity contribution in [2.24, 2.45) is 17.6 Å². The molecule has 6 heteroatoms. The van der Waals surface area contributed by atoms with Crippen molar-refractivity contribution in [3.05, 3.63) is 29.3 Å². The summed E-state index contributed by atoms with van der Waals surface area (Å²) in [5.74, 6) is -2.37. The molecule has 2 saturated carbocycles. The zero-order valence-electron chi connectivity index (χ0n) is 13.4. The van der Waals surface area contributed by atoms with Gasteiger partial charge in [0, 0.05) is 17.7 Å². The van der Waals surface area contributed by atoms with E-state index in [0.29, 0.717) is 6.42 Å². The summed E-state index contributed by atoms with van der Waals surface area (Å²) in [5, 5.41) is 10.1. The van der Waals surface area contributed by atoms with Crippen molar-refractivity contribution in [2.75, 3.05) is 0 Å². The Morgan fingerprint density at radius 1 is 1.35 bits per heavy atom. The first-order valence-electron chi connectivity index (χ1n) is 7.73. The molecule has 0 spiro atoms. The molecule has 0 aliphatic heterocycles. The second-order valence-corrected chi connectivity index (χ2v) is 7.75. The highest BCUT2D eigenvalue weighted by Crippen LogP contribution is 2.55. The highest BCUT2D eigenvalue weighted by Gasteiger charge is 2.63. The molecule has 0 aromatic heterocycles. The van der Waals surface area contributed by atoms with E-state index in [1.807, 2.05) is 0 Å². The van der Waals surface area contributed by atoms with E-state index in [2.05, 4.69) is 0 Å². The summed E-state index contributed by atoms with van der Waals surface area (Å²) in [4.78, 5) is 12.3. The minimum absolute atomic E-state index is 0.0317. The van der Waals surface area contributed by atoms with Crippen LogP contribution in [-0.2, 0) is 10.2 Å². The Morgan fingerprint density at radius 3 is 2.35 bits per heavy atom. The van der Waals surface area contributed by atoms with Gasteiger partial charge in [0.2, 0.25) is 0 Å². The van der Waals surface area contributed by atoms with Gasteiger partial charge in [-0.05, 0) is 30.1 Å².